The first kappa shape index (κ1) is 12.4. The van der Waals surface area contributed by atoms with Crippen LogP contribution >= 0.6 is 0 Å². The average Bonchev–Trinajstić information content (AvgIpc) is 2.25. The van der Waals surface area contributed by atoms with Crippen molar-refractivity contribution in [3.05, 3.63) is 17.6 Å². The summed E-state index contributed by atoms with van der Waals surface area (Å²) >= 11 is 0. The Morgan fingerprint density at radius 1 is 1.50 bits per heavy atom. The van der Waals surface area contributed by atoms with Crippen molar-refractivity contribution in [3.8, 4) is 5.88 Å². The number of hydrogen-bond donors (Lipinski definition) is 1. The minimum absolute atomic E-state index is 0.193. The van der Waals surface area contributed by atoms with Crippen LogP contribution < -0.4 is 4.74 Å². The minimum Gasteiger partial charge on any atom is -0.479 e. The number of carbonyl (C=O) groups is 1. The van der Waals surface area contributed by atoms with Gasteiger partial charge < -0.3 is 9.84 Å². The van der Waals surface area contributed by atoms with Gasteiger partial charge in [0.2, 0.25) is 5.88 Å². The third-order valence-electron chi connectivity index (χ3n) is 2.00. The Bertz CT molecular complexity index is 377. The fraction of sp³-hybridized carbons (Fsp3) is 0.545. The Kier molecular flexibility index (Phi) is 4.22. The molecule has 0 saturated heterocycles. The van der Waals surface area contributed by atoms with Gasteiger partial charge in [0.15, 0.2) is 6.61 Å². The van der Waals surface area contributed by atoms with Gasteiger partial charge in [0, 0.05) is 17.7 Å². The van der Waals surface area contributed by atoms with Crippen molar-refractivity contribution >= 4 is 5.97 Å². The number of carboxylic acid groups (broad SMARTS) is 1. The highest BCUT2D eigenvalue weighted by molar-refractivity contribution is 5.68. The summed E-state index contributed by atoms with van der Waals surface area (Å²) in [5, 5.41) is 8.51. The molecule has 0 atom stereocenters. The first-order valence-electron chi connectivity index (χ1n) is 5.25. The fourth-order valence-electron chi connectivity index (χ4n) is 1.14. The molecule has 0 aliphatic rings. The minimum atomic E-state index is -1.01. The van der Waals surface area contributed by atoms with Gasteiger partial charge in [-0.25, -0.2) is 9.78 Å². The second-order valence-corrected chi connectivity index (χ2v) is 3.75. The van der Waals surface area contributed by atoms with Crippen LogP contribution in [0.3, 0.4) is 0 Å². The summed E-state index contributed by atoms with van der Waals surface area (Å²) in [6, 6.07) is 1.68. The van der Waals surface area contributed by atoms with Gasteiger partial charge in [-0.3, -0.25) is 0 Å². The molecule has 16 heavy (non-hydrogen) atoms. The lowest BCUT2D eigenvalue weighted by atomic mass is 10.2. The molecule has 0 spiro atoms. The van der Waals surface area contributed by atoms with Crippen LogP contribution in [0.1, 0.15) is 38.2 Å². The van der Waals surface area contributed by atoms with E-state index in [0.717, 1.165) is 12.1 Å². The normalized spacial score (nSPS) is 10.5. The van der Waals surface area contributed by atoms with Crippen molar-refractivity contribution < 1.29 is 14.6 Å². The average molecular weight is 224 g/mol. The highest BCUT2D eigenvalue weighted by atomic mass is 16.5. The summed E-state index contributed by atoms with van der Waals surface area (Å²) in [4.78, 5) is 18.9. The summed E-state index contributed by atoms with van der Waals surface area (Å²) in [6.07, 6.45) is 0.770. The number of nitrogens with zero attached hydrogens (tertiary/aromatic N) is 2. The van der Waals surface area contributed by atoms with Crippen LogP contribution in [0.2, 0.25) is 0 Å². The number of aliphatic carboxylic acids is 1. The molecular weight excluding hydrogens is 208 g/mol. The lowest BCUT2D eigenvalue weighted by Gasteiger charge is -2.09. The van der Waals surface area contributed by atoms with Crippen LogP contribution in [0.25, 0.3) is 0 Å². The van der Waals surface area contributed by atoms with Gasteiger partial charge in [0.1, 0.15) is 5.82 Å². The maximum Gasteiger partial charge on any atom is 0.341 e. The zero-order valence-electron chi connectivity index (χ0n) is 9.73. The molecule has 0 bridgehead atoms. The topological polar surface area (TPSA) is 72.3 Å². The van der Waals surface area contributed by atoms with Crippen molar-refractivity contribution in [2.24, 2.45) is 0 Å². The van der Waals surface area contributed by atoms with Gasteiger partial charge >= 0.3 is 5.97 Å². The van der Waals surface area contributed by atoms with Crippen LogP contribution in [0, 0.1) is 0 Å². The second-order valence-electron chi connectivity index (χ2n) is 3.75. The molecule has 0 amide bonds. The number of aromatic nitrogens is 2. The van der Waals surface area contributed by atoms with E-state index < -0.39 is 5.97 Å². The quantitative estimate of drug-likeness (QED) is 0.822. The zero-order chi connectivity index (χ0) is 12.1. The van der Waals surface area contributed by atoms with E-state index in [1.54, 1.807) is 6.07 Å². The van der Waals surface area contributed by atoms with E-state index in [0.29, 0.717) is 11.7 Å². The molecule has 0 saturated carbocycles. The largest absolute Gasteiger partial charge is 0.479 e. The predicted molar refractivity (Wildman–Crippen MR) is 58.6 cm³/mol. The lowest BCUT2D eigenvalue weighted by molar-refractivity contribution is -0.139. The molecule has 88 valence electrons. The molecule has 0 fully saturated rings. The smallest absolute Gasteiger partial charge is 0.341 e. The summed E-state index contributed by atoms with van der Waals surface area (Å²) < 4.78 is 5.05. The van der Waals surface area contributed by atoms with Crippen LogP contribution in [0.5, 0.6) is 5.88 Å². The van der Waals surface area contributed by atoms with Gasteiger partial charge in [0.05, 0.1) is 0 Å². The summed E-state index contributed by atoms with van der Waals surface area (Å²) in [6.45, 7) is 5.57. The molecule has 1 N–H and O–H groups in total. The molecule has 5 nitrogen and oxygen atoms in total. The van der Waals surface area contributed by atoms with Gasteiger partial charge in [-0.05, 0) is 6.42 Å². The van der Waals surface area contributed by atoms with Crippen LogP contribution in [-0.4, -0.2) is 27.7 Å². The number of ether oxygens (including phenoxy) is 1. The molecular formula is C11H16N2O3. The van der Waals surface area contributed by atoms with E-state index in [1.165, 1.54) is 0 Å². The molecule has 1 aromatic rings. The maximum atomic E-state index is 10.4. The monoisotopic (exact) mass is 224 g/mol. The second kappa shape index (κ2) is 5.44. The standard InChI is InChI=1S/C11H16N2O3/c1-4-8-5-9(16-6-10(14)15)13-11(12-8)7(2)3/h5,7H,4,6H2,1-3H3,(H,14,15). The molecule has 0 aliphatic heterocycles. The van der Waals surface area contributed by atoms with Crippen molar-refractivity contribution in [2.45, 2.75) is 33.1 Å². The van der Waals surface area contributed by atoms with Crippen molar-refractivity contribution in [1.29, 1.82) is 0 Å². The highest BCUT2D eigenvalue weighted by Gasteiger charge is 2.09. The highest BCUT2D eigenvalue weighted by Crippen LogP contribution is 2.15. The van der Waals surface area contributed by atoms with Gasteiger partial charge in [0.25, 0.3) is 0 Å². The molecule has 1 heterocycles. The number of carboxylic acids is 1. The predicted octanol–water partition coefficient (Wildman–Crippen LogP) is 1.63. The first-order chi connectivity index (χ1) is 7.52. The molecule has 0 radical (unpaired) electrons. The number of hydrogen-bond acceptors (Lipinski definition) is 4. The number of aryl methyl sites for hydroxylation is 1. The van der Waals surface area contributed by atoms with E-state index in [2.05, 4.69) is 9.97 Å². The van der Waals surface area contributed by atoms with E-state index in [1.807, 2.05) is 20.8 Å². The molecule has 0 aliphatic carbocycles. The van der Waals surface area contributed by atoms with Crippen LogP contribution in [0.15, 0.2) is 6.07 Å². The molecule has 5 heteroatoms. The molecule has 1 rings (SSSR count). The summed E-state index contributed by atoms with van der Waals surface area (Å²) in [7, 11) is 0. The lowest BCUT2D eigenvalue weighted by Crippen LogP contribution is -2.12. The Labute approximate surface area is 94.5 Å². The van der Waals surface area contributed by atoms with E-state index in [4.69, 9.17) is 9.84 Å². The zero-order valence-corrected chi connectivity index (χ0v) is 9.73. The van der Waals surface area contributed by atoms with Crippen molar-refractivity contribution in [2.75, 3.05) is 6.61 Å². The third kappa shape index (κ3) is 3.49. The number of rotatable bonds is 5. The summed E-state index contributed by atoms with van der Waals surface area (Å²) in [5.74, 6) is 0.194. The van der Waals surface area contributed by atoms with Crippen molar-refractivity contribution in [1.82, 2.24) is 9.97 Å². The maximum absolute atomic E-state index is 10.4. The Hall–Kier alpha value is -1.65. The third-order valence-corrected chi connectivity index (χ3v) is 2.00. The summed E-state index contributed by atoms with van der Waals surface area (Å²) in [5.41, 5.74) is 0.860. The van der Waals surface area contributed by atoms with Crippen molar-refractivity contribution in [3.63, 3.8) is 0 Å². The Balaban J connectivity index is 2.90. The van der Waals surface area contributed by atoms with E-state index >= 15 is 0 Å². The van der Waals surface area contributed by atoms with Gasteiger partial charge in [-0.2, -0.15) is 4.98 Å². The Morgan fingerprint density at radius 3 is 2.69 bits per heavy atom. The Morgan fingerprint density at radius 2 is 2.19 bits per heavy atom. The SMILES string of the molecule is CCc1cc(OCC(=O)O)nc(C(C)C)n1. The van der Waals surface area contributed by atoms with E-state index in [9.17, 15) is 4.79 Å². The van der Waals surface area contributed by atoms with Crippen LogP contribution in [-0.2, 0) is 11.2 Å². The van der Waals surface area contributed by atoms with Gasteiger partial charge in [-0.1, -0.05) is 20.8 Å². The van der Waals surface area contributed by atoms with Gasteiger partial charge in [-0.15, -0.1) is 0 Å². The first-order valence-corrected chi connectivity index (χ1v) is 5.25. The fourth-order valence-corrected chi connectivity index (χ4v) is 1.14. The van der Waals surface area contributed by atoms with E-state index in [-0.39, 0.29) is 12.5 Å². The molecule has 0 aromatic carbocycles. The molecule has 0 unspecified atom stereocenters. The molecule has 1 aromatic heterocycles. The van der Waals surface area contributed by atoms with Crippen LogP contribution in [0.4, 0.5) is 0 Å².